The number of aliphatic hydroxyl groups excluding tert-OH is 1. The molecule has 0 fully saturated rings. The van der Waals surface area contributed by atoms with E-state index in [0.29, 0.717) is 0 Å². The molecule has 2 aromatic carbocycles. The minimum Gasteiger partial charge on any atom is -0.384 e. The van der Waals surface area contributed by atoms with E-state index in [4.69, 9.17) is 0 Å². The SMILES string of the molecule is CCCNCC=C(c1ccccc1)C(O)c1ccccc1. The topological polar surface area (TPSA) is 32.3 Å². The van der Waals surface area contributed by atoms with Gasteiger partial charge in [0.15, 0.2) is 0 Å². The number of hydrogen-bond donors (Lipinski definition) is 2. The highest BCUT2D eigenvalue weighted by Gasteiger charge is 2.14. The second-order valence-corrected chi connectivity index (χ2v) is 5.04. The molecule has 0 spiro atoms. The van der Waals surface area contributed by atoms with Crippen LogP contribution in [0.25, 0.3) is 5.57 Å². The standard InChI is InChI=1S/C19H23NO/c1-2-14-20-15-13-18(16-9-5-3-6-10-16)19(21)17-11-7-4-8-12-17/h3-13,19-21H,2,14-15H2,1H3. The van der Waals surface area contributed by atoms with Crippen LogP contribution < -0.4 is 5.32 Å². The summed E-state index contributed by atoms with van der Waals surface area (Å²) in [6, 6.07) is 19.9. The van der Waals surface area contributed by atoms with Crippen LogP contribution in [-0.2, 0) is 0 Å². The van der Waals surface area contributed by atoms with Crippen LogP contribution in [0, 0.1) is 0 Å². The van der Waals surface area contributed by atoms with E-state index in [9.17, 15) is 5.11 Å². The van der Waals surface area contributed by atoms with Gasteiger partial charge in [0.05, 0.1) is 0 Å². The second kappa shape index (κ2) is 8.40. The summed E-state index contributed by atoms with van der Waals surface area (Å²) >= 11 is 0. The van der Waals surface area contributed by atoms with Crippen LogP contribution in [0.15, 0.2) is 66.7 Å². The molecule has 0 saturated heterocycles. The number of nitrogens with one attached hydrogen (secondary N) is 1. The van der Waals surface area contributed by atoms with Gasteiger partial charge in [0.1, 0.15) is 6.10 Å². The van der Waals surface area contributed by atoms with Crippen LogP contribution in [0.4, 0.5) is 0 Å². The van der Waals surface area contributed by atoms with E-state index in [-0.39, 0.29) is 0 Å². The van der Waals surface area contributed by atoms with Gasteiger partial charge in [-0.1, -0.05) is 73.7 Å². The molecule has 0 radical (unpaired) electrons. The van der Waals surface area contributed by atoms with Crippen LogP contribution in [0.3, 0.4) is 0 Å². The molecule has 2 heteroatoms. The van der Waals surface area contributed by atoms with Crippen molar-refractivity contribution in [2.75, 3.05) is 13.1 Å². The molecule has 0 bridgehead atoms. The Morgan fingerprint density at radius 2 is 1.67 bits per heavy atom. The molecule has 0 saturated carbocycles. The van der Waals surface area contributed by atoms with Crippen molar-refractivity contribution in [2.24, 2.45) is 0 Å². The summed E-state index contributed by atoms with van der Waals surface area (Å²) in [6.07, 6.45) is 2.59. The minimum atomic E-state index is -0.600. The van der Waals surface area contributed by atoms with E-state index < -0.39 is 6.10 Å². The number of hydrogen-bond acceptors (Lipinski definition) is 2. The molecule has 0 heterocycles. The maximum atomic E-state index is 10.7. The molecule has 0 amide bonds. The van der Waals surface area contributed by atoms with Gasteiger partial charge in [-0.3, -0.25) is 0 Å². The van der Waals surface area contributed by atoms with Crippen LogP contribution in [0.5, 0.6) is 0 Å². The minimum absolute atomic E-state index is 0.600. The van der Waals surface area contributed by atoms with Gasteiger partial charge in [-0.05, 0) is 29.7 Å². The molecule has 2 nitrogen and oxygen atoms in total. The number of benzene rings is 2. The highest BCUT2D eigenvalue weighted by Crippen LogP contribution is 2.29. The van der Waals surface area contributed by atoms with Crippen molar-refractivity contribution in [2.45, 2.75) is 19.4 Å². The van der Waals surface area contributed by atoms with Gasteiger partial charge in [-0.15, -0.1) is 0 Å². The van der Waals surface area contributed by atoms with E-state index in [2.05, 4.69) is 18.3 Å². The first-order chi connectivity index (χ1) is 10.3. The first kappa shape index (κ1) is 15.5. The molecule has 110 valence electrons. The lowest BCUT2D eigenvalue weighted by Crippen LogP contribution is -2.15. The molecule has 2 N–H and O–H groups in total. The molecular formula is C19H23NO. The molecular weight excluding hydrogens is 258 g/mol. The molecule has 2 aromatic rings. The summed E-state index contributed by atoms with van der Waals surface area (Å²) in [5, 5.41) is 14.0. The van der Waals surface area contributed by atoms with Crippen molar-refractivity contribution in [1.82, 2.24) is 5.32 Å². The average molecular weight is 281 g/mol. The Morgan fingerprint density at radius 1 is 1.05 bits per heavy atom. The molecule has 2 rings (SSSR count). The van der Waals surface area contributed by atoms with Crippen molar-refractivity contribution >= 4 is 5.57 Å². The maximum absolute atomic E-state index is 10.7. The van der Waals surface area contributed by atoms with Crippen LogP contribution in [-0.4, -0.2) is 18.2 Å². The average Bonchev–Trinajstić information content (AvgIpc) is 2.56. The third-order valence-corrected chi connectivity index (χ3v) is 3.41. The monoisotopic (exact) mass is 281 g/mol. The van der Waals surface area contributed by atoms with Crippen LogP contribution >= 0.6 is 0 Å². The summed E-state index contributed by atoms with van der Waals surface area (Å²) in [4.78, 5) is 0. The Kier molecular flexibility index (Phi) is 6.20. The largest absolute Gasteiger partial charge is 0.384 e. The molecule has 0 aliphatic rings. The van der Waals surface area contributed by atoms with Crippen molar-refractivity contribution in [3.05, 3.63) is 77.9 Å². The highest BCUT2D eigenvalue weighted by molar-refractivity contribution is 5.70. The second-order valence-electron chi connectivity index (χ2n) is 5.04. The van der Waals surface area contributed by atoms with Gasteiger partial charge in [0.25, 0.3) is 0 Å². The van der Waals surface area contributed by atoms with E-state index >= 15 is 0 Å². The van der Waals surface area contributed by atoms with E-state index in [1.165, 1.54) is 0 Å². The van der Waals surface area contributed by atoms with Gasteiger partial charge in [-0.25, -0.2) is 0 Å². The van der Waals surface area contributed by atoms with Gasteiger partial charge < -0.3 is 10.4 Å². The smallest absolute Gasteiger partial charge is 0.104 e. The Labute approximate surface area is 127 Å². The normalized spacial score (nSPS) is 13.1. The van der Waals surface area contributed by atoms with E-state index in [1.807, 2.05) is 60.7 Å². The van der Waals surface area contributed by atoms with Crippen LogP contribution in [0.1, 0.15) is 30.6 Å². The van der Waals surface area contributed by atoms with Gasteiger partial charge in [0, 0.05) is 6.54 Å². The van der Waals surface area contributed by atoms with Crippen molar-refractivity contribution in [3.63, 3.8) is 0 Å². The lowest BCUT2D eigenvalue weighted by molar-refractivity contribution is 0.238. The van der Waals surface area contributed by atoms with E-state index in [0.717, 1.165) is 36.2 Å². The summed E-state index contributed by atoms with van der Waals surface area (Å²) in [6.45, 7) is 3.90. The number of rotatable bonds is 7. The fourth-order valence-corrected chi connectivity index (χ4v) is 2.29. The Morgan fingerprint density at radius 3 is 2.29 bits per heavy atom. The predicted octanol–water partition coefficient (Wildman–Crippen LogP) is 3.80. The zero-order chi connectivity index (χ0) is 14.9. The third-order valence-electron chi connectivity index (χ3n) is 3.41. The fraction of sp³-hybridized carbons (Fsp3) is 0.263. The summed E-state index contributed by atoms with van der Waals surface area (Å²) in [7, 11) is 0. The molecule has 21 heavy (non-hydrogen) atoms. The fourth-order valence-electron chi connectivity index (χ4n) is 2.29. The molecule has 0 aliphatic carbocycles. The zero-order valence-corrected chi connectivity index (χ0v) is 12.5. The first-order valence-electron chi connectivity index (χ1n) is 7.52. The van der Waals surface area contributed by atoms with Gasteiger partial charge >= 0.3 is 0 Å². The Bertz CT molecular complexity index is 548. The lowest BCUT2D eigenvalue weighted by atomic mass is 9.95. The molecule has 1 unspecified atom stereocenters. The first-order valence-corrected chi connectivity index (χ1v) is 7.52. The van der Waals surface area contributed by atoms with Gasteiger partial charge in [0.2, 0.25) is 0 Å². The van der Waals surface area contributed by atoms with Crippen molar-refractivity contribution < 1.29 is 5.11 Å². The molecule has 1 atom stereocenters. The predicted molar refractivity (Wildman–Crippen MR) is 89.0 cm³/mol. The van der Waals surface area contributed by atoms with E-state index in [1.54, 1.807) is 0 Å². The van der Waals surface area contributed by atoms with Crippen molar-refractivity contribution in [1.29, 1.82) is 0 Å². The quantitative estimate of drug-likeness (QED) is 0.757. The van der Waals surface area contributed by atoms with Gasteiger partial charge in [-0.2, -0.15) is 0 Å². The maximum Gasteiger partial charge on any atom is 0.104 e. The summed E-state index contributed by atoms with van der Waals surface area (Å²) in [5.74, 6) is 0. The number of aliphatic hydroxyl groups is 1. The lowest BCUT2D eigenvalue weighted by Gasteiger charge is -2.16. The summed E-state index contributed by atoms with van der Waals surface area (Å²) in [5.41, 5.74) is 2.93. The van der Waals surface area contributed by atoms with Crippen LogP contribution in [0.2, 0.25) is 0 Å². The summed E-state index contributed by atoms with van der Waals surface area (Å²) < 4.78 is 0. The molecule has 0 aliphatic heterocycles. The zero-order valence-electron chi connectivity index (χ0n) is 12.5. The Hall–Kier alpha value is -1.90. The Balaban J connectivity index is 2.23. The third kappa shape index (κ3) is 4.55. The highest BCUT2D eigenvalue weighted by atomic mass is 16.3. The molecule has 0 aromatic heterocycles. The van der Waals surface area contributed by atoms with Crippen molar-refractivity contribution in [3.8, 4) is 0 Å².